The number of Topliss-reactive ketones (excluding diaryl/α,β-unsaturated/α-hetero) is 1. The highest BCUT2D eigenvalue weighted by atomic mass is 79.9. The summed E-state index contributed by atoms with van der Waals surface area (Å²) in [6, 6.07) is 13.3. The number of halogens is 1. The standard InChI is InChI=1S/C23H22BrN3O3/c1-23(2,27-22(29)30)14-5-8-16(9-6-14)26-20-17-11-15(24)7-10-19(17)25-12-18(20)21(28)13-3-4-13/h5-13,27H,3-4H2,1-2H3,(H,25,26)(H,29,30). The number of pyridine rings is 1. The molecule has 7 heteroatoms. The average Bonchev–Trinajstić information content (AvgIpc) is 3.52. The summed E-state index contributed by atoms with van der Waals surface area (Å²) in [6.07, 6.45) is 2.44. The Kier molecular flexibility index (Phi) is 5.24. The van der Waals surface area contributed by atoms with Gasteiger partial charge in [0, 0.05) is 27.7 Å². The molecule has 3 N–H and O–H groups in total. The maximum Gasteiger partial charge on any atom is 0.405 e. The lowest BCUT2D eigenvalue weighted by atomic mass is 9.94. The van der Waals surface area contributed by atoms with E-state index in [4.69, 9.17) is 5.11 Å². The summed E-state index contributed by atoms with van der Waals surface area (Å²) in [5, 5.41) is 15.8. The summed E-state index contributed by atoms with van der Waals surface area (Å²) in [7, 11) is 0. The highest BCUT2D eigenvalue weighted by molar-refractivity contribution is 9.10. The fraction of sp³-hybridized carbons (Fsp3) is 0.261. The minimum atomic E-state index is -1.07. The lowest BCUT2D eigenvalue weighted by Crippen LogP contribution is -2.39. The van der Waals surface area contributed by atoms with Crippen molar-refractivity contribution < 1.29 is 14.7 Å². The molecule has 0 spiro atoms. The van der Waals surface area contributed by atoms with Crippen LogP contribution in [-0.4, -0.2) is 22.0 Å². The van der Waals surface area contributed by atoms with Gasteiger partial charge in [0.05, 0.1) is 22.3 Å². The van der Waals surface area contributed by atoms with Crippen molar-refractivity contribution in [2.24, 2.45) is 5.92 Å². The lowest BCUT2D eigenvalue weighted by molar-refractivity contribution is 0.0968. The second kappa shape index (κ2) is 7.72. The first-order chi connectivity index (χ1) is 14.2. The SMILES string of the molecule is CC(C)(NC(=O)O)c1ccc(Nc2c(C(=O)C3CC3)cnc3ccc(Br)cc23)cc1. The number of aromatic nitrogens is 1. The Hall–Kier alpha value is -2.93. The average molecular weight is 468 g/mol. The largest absolute Gasteiger partial charge is 0.465 e. The van der Waals surface area contributed by atoms with Gasteiger partial charge in [0.2, 0.25) is 0 Å². The van der Waals surface area contributed by atoms with Crippen molar-refractivity contribution in [1.29, 1.82) is 0 Å². The fourth-order valence-electron chi connectivity index (χ4n) is 3.51. The van der Waals surface area contributed by atoms with Gasteiger partial charge in [0.25, 0.3) is 0 Å². The predicted molar refractivity (Wildman–Crippen MR) is 120 cm³/mol. The summed E-state index contributed by atoms with van der Waals surface area (Å²) >= 11 is 3.51. The Morgan fingerprint density at radius 1 is 1.13 bits per heavy atom. The molecule has 1 amide bonds. The van der Waals surface area contributed by atoms with Crippen molar-refractivity contribution >= 4 is 50.1 Å². The number of amides is 1. The second-order valence-electron chi connectivity index (χ2n) is 8.10. The number of hydrogen-bond donors (Lipinski definition) is 3. The molecule has 3 aromatic rings. The third kappa shape index (κ3) is 4.16. The first kappa shape index (κ1) is 20.3. The van der Waals surface area contributed by atoms with E-state index in [1.807, 2.05) is 56.3 Å². The summed E-state index contributed by atoms with van der Waals surface area (Å²) in [5.74, 6) is 0.206. The van der Waals surface area contributed by atoms with E-state index in [9.17, 15) is 9.59 Å². The third-order valence-electron chi connectivity index (χ3n) is 5.34. The minimum absolute atomic E-state index is 0.0854. The molecule has 1 fully saturated rings. The number of anilines is 2. The quantitative estimate of drug-likeness (QED) is 0.396. The molecule has 1 saturated carbocycles. The van der Waals surface area contributed by atoms with Crippen molar-refractivity contribution in [2.45, 2.75) is 32.2 Å². The van der Waals surface area contributed by atoms with Crippen LogP contribution < -0.4 is 10.6 Å². The number of carboxylic acid groups (broad SMARTS) is 1. The van der Waals surface area contributed by atoms with Gasteiger partial charge in [0.1, 0.15) is 0 Å². The molecule has 30 heavy (non-hydrogen) atoms. The number of nitrogens with one attached hydrogen (secondary N) is 2. The first-order valence-electron chi connectivity index (χ1n) is 9.76. The number of ketones is 1. The van der Waals surface area contributed by atoms with Gasteiger partial charge in [0.15, 0.2) is 5.78 Å². The zero-order chi connectivity index (χ0) is 21.5. The number of fused-ring (bicyclic) bond motifs is 1. The molecule has 4 rings (SSSR count). The molecule has 0 aliphatic heterocycles. The van der Waals surface area contributed by atoms with E-state index in [1.165, 1.54) is 0 Å². The number of rotatable bonds is 6. The first-order valence-corrected chi connectivity index (χ1v) is 10.5. The van der Waals surface area contributed by atoms with E-state index in [1.54, 1.807) is 6.20 Å². The second-order valence-corrected chi connectivity index (χ2v) is 9.02. The molecule has 6 nitrogen and oxygen atoms in total. The van der Waals surface area contributed by atoms with Crippen LogP contribution in [0.15, 0.2) is 53.1 Å². The van der Waals surface area contributed by atoms with E-state index in [0.717, 1.165) is 45.2 Å². The maximum atomic E-state index is 12.9. The third-order valence-corrected chi connectivity index (χ3v) is 5.83. The Balaban J connectivity index is 1.72. The van der Waals surface area contributed by atoms with Crippen molar-refractivity contribution in [3.05, 3.63) is 64.3 Å². The molecular formula is C23H22BrN3O3. The zero-order valence-electron chi connectivity index (χ0n) is 16.7. The van der Waals surface area contributed by atoms with Crippen LogP contribution in [0.5, 0.6) is 0 Å². The molecule has 1 heterocycles. The fourth-order valence-corrected chi connectivity index (χ4v) is 3.87. The van der Waals surface area contributed by atoms with Crippen LogP contribution in [0.4, 0.5) is 16.2 Å². The number of benzene rings is 2. The molecule has 1 aromatic heterocycles. The summed E-state index contributed by atoms with van der Waals surface area (Å²) in [6.45, 7) is 3.62. The molecule has 154 valence electrons. The summed E-state index contributed by atoms with van der Waals surface area (Å²) in [5.41, 5.74) is 3.07. The summed E-state index contributed by atoms with van der Waals surface area (Å²) < 4.78 is 0.910. The van der Waals surface area contributed by atoms with Gasteiger partial charge in [-0.15, -0.1) is 0 Å². The van der Waals surface area contributed by atoms with Crippen LogP contribution in [0.1, 0.15) is 42.6 Å². The highest BCUT2D eigenvalue weighted by Gasteiger charge is 2.32. The molecule has 1 aliphatic rings. The van der Waals surface area contributed by atoms with Crippen molar-refractivity contribution in [3.8, 4) is 0 Å². The van der Waals surface area contributed by atoms with Crippen molar-refractivity contribution in [1.82, 2.24) is 10.3 Å². The Labute approximate surface area is 182 Å². The van der Waals surface area contributed by atoms with Crippen LogP contribution in [-0.2, 0) is 5.54 Å². The Bertz CT molecular complexity index is 1140. The monoisotopic (exact) mass is 467 g/mol. The molecular weight excluding hydrogens is 446 g/mol. The van der Waals surface area contributed by atoms with Gasteiger partial charge >= 0.3 is 6.09 Å². The van der Waals surface area contributed by atoms with Gasteiger partial charge in [-0.25, -0.2) is 4.79 Å². The number of nitrogens with zero attached hydrogens (tertiary/aromatic N) is 1. The summed E-state index contributed by atoms with van der Waals surface area (Å²) in [4.78, 5) is 28.4. The Morgan fingerprint density at radius 2 is 1.83 bits per heavy atom. The van der Waals surface area contributed by atoms with Gasteiger partial charge in [-0.05, 0) is 62.6 Å². The van der Waals surface area contributed by atoms with Gasteiger partial charge < -0.3 is 15.7 Å². The topological polar surface area (TPSA) is 91.3 Å². The van der Waals surface area contributed by atoms with Gasteiger partial charge in [-0.2, -0.15) is 0 Å². The molecule has 1 aliphatic carbocycles. The lowest BCUT2D eigenvalue weighted by Gasteiger charge is -2.25. The van der Waals surface area contributed by atoms with Crippen LogP contribution in [0.2, 0.25) is 0 Å². The van der Waals surface area contributed by atoms with E-state index in [2.05, 4.69) is 31.5 Å². The molecule has 0 unspecified atom stereocenters. The minimum Gasteiger partial charge on any atom is -0.465 e. The normalized spacial score (nSPS) is 13.8. The number of carbonyl (C=O) groups excluding carboxylic acids is 1. The van der Waals surface area contributed by atoms with Gasteiger partial charge in [-0.1, -0.05) is 28.1 Å². The van der Waals surface area contributed by atoms with Crippen LogP contribution in [0, 0.1) is 5.92 Å². The van der Waals surface area contributed by atoms with Gasteiger partial charge in [-0.3, -0.25) is 9.78 Å². The number of hydrogen-bond acceptors (Lipinski definition) is 4. The molecule has 2 aromatic carbocycles. The van der Waals surface area contributed by atoms with Crippen molar-refractivity contribution in [3.63, 3.8) is 0 Å². The predicted octanol–water partition coefficient (Wildman–Crippen LogP) is 5.84. The Morgan fingerprint density at radius 3 is 2.47 bits per heavy atom. The zero-order valence-corrected chi connectivity index (χ0v) is 18.3. The smallest absolute Gasteiger partial charge is 0.405 e. The molecule has 0 radical (unpaired) electrons. The van der Waals surface area contributed by atoms with E-state index in [-0.39, 0.29) is 11.7 Å². The van der Waals surface area contributed by atoms with E-state index >= 15 is 0 Å². The number of carbonyl (C=O) groups is 2. The van der Waals surface area contributed by atoms with E-state index < -0.39 is 11.6 Å². The molecule has 0 bridgehead atoms. The van der Waals surface area contributed by atoms with Crippen LogP contribution in [0.3, 0.4) is 0 Å². The highest BCUT2D eigenvalue weighted by Crippen LogP contribution is 2.38. The van der Waals surface area contributed by atoms with E-state index in [0.29, 0.717) is 5.56 Å². The van der Waals surface area contributed by atoms with Crippen molar-refractivity contribution in [2.75, 3.05) is 5.32 Å². The van der Waals surface area contributed by atoms with Crippen LogP contribution in [0.25, 0.3) is 10.9 Å². The maximum absolute atomic E-state index is 12.9. The molecule has 0 saturated heterocycles. The van der Waals surface area contributed by atoms with Crippen LogP contribution >= 0.6 is 15.9 Å². The molecule has 0 atom stereocenters.